The number of carbonyl (C=O) groups is 1. The van der Waals surface area contributed by atoms with Gasteiger partial charge in [-0.2, -0.15) is 0 Å². The van der Waals surface area contributed by atoms with Crippen LogP contribution in [-0.2, 0) is 6.42 Å². The lowest BCUT2D eigenvalue weighted by Gasteiger charge is -2.14. The van der Waals surface area contributed by atoms with E-state index in [0.717, 1.165) is 59.3 Å². The number of aromatic amines is 1. The summed E-state index contributed by atoms with van der Waals surface area (Å²) in [6, 6.07) is 3.83. The fourth-order valence-corrected chi connectivity index (χ4v) is 4.02. The zero-order valence-corrected chi connectivity index (χ0v) is 18.0. The summed E-state index contributed by atoms with van der Waals surface area (Å²) in [5.74, 6) is 0.231. The molecule has 0 radical (unpaired) electrons. The number of nitrogens with one attached hydrogen (secondary N) is 1. The molecule has 4 rings (SSSR count). The van der Waals surface area contributed by atoms with E-state index in [2.05, 4.69) is 19.8 Å². The predicted octanol–water partition coefficient (Wildman–Crippen LogP) is 1.70. The van der Waals surface area contributed by atoms with Gasteiger partial charge in [-0.1, -0.05) is 0 Å². The molecule has 1 aliphatic carbocycles. The molecule has 2 aromatic rings. The molecule has 0 atom stereocenters. The lowest BCUT2D eigenvalue weighted by atomic mass is 9.92. The maximum absolute atomic E-state index is 12.6. The first-order valence-corrected chi connectivity index (χ1v) is 10.2. The van der Waals surface area contributed by atoms with Crippen LogP contribution in [0.1, 0.15) is 33.6 Å². The number of nitrogens with zero attached hydrogens (tertiary/aromatic N) is 3. The Morgan fingerprint density at radius 3 is 2.47 bits per heavy atom. The lowest BCUT2D eigenvalue weighted by molar-refractivity contribution is 0.104. The predicted molar refractivity (Wildman–Crippen MR) is 119 cm³/mol. The van der Waals surface area contributed by atoms with Gasteiger partial charge in [0.15, 0.2) is 5.78 Å². The molecule has 0 bridgehead atoms. The van der Waals surface area contributed by atoms with Gasteiger partial charge in [-0.3, -0.25) is 9.79 Å². The molecular formula is C24H28N4O2. The molecular weight excluding hydrogens is 376 g/mol. The van der Waals surface area contributed by atoms with Crippen molar-refractivity contribution in [3.8, 4) is 5.75 Å². The quantitative estimate of drug-likeness (QED) is 0.769. The van der Waals surface area contributed by atoms with E-state index in [1.54, 1.807) is 12.2 Å². The second-order valence-corrected chi connectivity index (χ2v) is 8.42. The van der Waals surface area contributed by atoms with E-state index in [9.17, 15) is 9.90 Å². The Morgan fingerprint density at radius 1 is 1.00 bits per heavy atom. The number of hydrogen-bond donors (Lipinski definition) is 2. The van der Waals surface area contributed by atoms with Crippen LogP contribution in [-0.4, -0.2) is 67.0 Å². The van der Waals surface area contributed by atoms with Gasteiger partial charge in [0.25, 0.3) is 0 Å². The molecule has 30 heavy (non-hydrogen) atoms. The number of phenols is 1. The second kappa shape index (κ2) is 8.05. The summed E-state index contributed by atoms with van der Waals surface area (Å²) in [5.41, 5.74) is 5.16. The molecule has 1 aliphatic heterocycles. The van der Waals surface area contributed by atoms with E-state index < -0.39 is 0 Å². The average molecular weight is 405 g/mol. The number of fused-ring (bicyclic) bond motifs is 2. The van der Waals surface area contributed by atoms with E-state index >= 15 is 0 Å². The molecule has 0 saturated carbocycles. The fourth-order valence-electron chi connectivity index (χ4n) is 4.02. The van der Waals surface area contributed by atoms with Crippen LogP contribution >= 0.6 is 0 Å². The SMILES string of the molecule is CN(C)CCC1=CN=c2ccc(=C3C=CC(=O)c4c(CCN(C)C)c[nH]c43)c(O)c21. The molecule has 2 heterocycles. The number of ketones is 1. The summed E-state index contributed by atoms with van der Waals surface area (Å²) in [7, 11) is 8.11. The van der Waals surface area contributed by atoms with Crippen LogP contribution in [0, 0.1) is 0 Å². The Kier molecular flexibility index (Phi) is 5.45. The number of phenolic OH excluding ortho intramolecular Hbond substituents is 1. The van der Waals surface area contributed by atoms with Gasteiger partial charge >= 0.3 is 0 Å². The van der Waals surface area contributed by atoms with Gasteiger partial charge in [0.1, 0.15) is 5.75 Å². The molecule has 0 fully saturated rings. The molecule has 6 heteroatoms. The Labute approximate surface area is 176 Å². The first-order valence-electron chi connectivity index (χ1n) is 10.2. The van der Waals surface area contributed by atoms with E-state index in [1.165, 1.54) is 0 Å². The maximum atomic E-state index is 12.6. The second-order valence-electron chi connectivity index (χ2n) is 8.42. The smallest absolute Gasteiger partial charge is 0.188 e. The monoisotopic (exact) mass is 404 g/mol. The first-order chi connectivity index (χ1) is 14.4. The standard InChI is InChI=1S/C24H28N4O2/c1-27(2)11-9-15-13-25-19-7-5-18(24(30)21(15)19)17-6-8-20(29)22-16(10-12-28(3)4)14-26-23(17)22/h5-8,13-14,26,30H,9-12H2,1-4H3. The van der Waals surface area contributed by atoms with Crippen molar-refractivity contribution in [3.05, 3.63) is 69.6 Å². The average Bonchev–Trinajstić information content (AvgIpc) is 3.31. The van der Waals surface area contributed by atoms with Crippen molar-refractivity contribution in [2.45, 2.75) is 12.8 Å². The number of carbonyl (C=O) groups excluding carboxylic acids is 1. The molecule has 1 aromatic heterocycles. The normalized spacial score (nSPS) is 16.7. The van der Waals surface area contributed by atoms with Gasteiger partial charge in [-0.15, -0.1) is 0 Å². The minimum atomic E-state index is 0.00553. The third-order valence-corrected chi connectivity index (χ3v) is 5.66. The Morgan fingerprint density at radius 2 is 1.73 bits per heavy atom. The van der Waals surface area contributed by atoms with Crippen LogP contribution in [0.3, 0.4) is 0 Å². The number of hydrogen-bond acceptors (Lipinski definition) is 5. The number of likely N-dealkylation sites (N-methyl/N-ethyl adjacent to an activating group) is 1. The van der Waals surface area contributed by atoms with E-state index in [0.29, 0.717) is 10.8 Å². The topological polar surface area (TPSA) is 71.9 Å². The first kappa shape index (κ1) is 20.3. The number of allylic oxidation sites excluding steroid dienone is 2. The highest BCUT2D eigenvalue weighted by atomic mass is 16.3. The van der Waals surface area contributed by atoms with Gasteiger partial charge in [0.2, 0.25) is 0 Å². The molecule has 156 valence electrons. The summed E-state index contributed by atoms with van der Waals surface area (Å²) in [6.45, 7) is 1.74. The minimum absolute atomic E-state index is 0.00553. The molecule has 1 aromatic carbocycles. The van der Waals surface area contributed by atoms with Gasteiger partial charge < -0.3 is 19.9 Å². The van der Waals surface area contributed by atoms with Crippen LogP contribution in [0.15, 0.2) is 41.7 Å². The summed E-state index contributed by atoms with van der Waals surface area (Å²) in [5, 5.41) is 12.7. The number of benzene rings is 1. The van der Waals surface area contributed by atoms with Gasteiger partial charge in [-0.05, 0) is 76.5 Å². The molecule has 0 saturated heterocycles. The lowest BCUT2D eigenvalue weighted by Crippen LogP contribution is -2.20. The molecule has 0 unspecified atom stereocenters. The largest absolute Gasteiger partial charge is 0.507 e. The van der Waals surface area contributed by atoms with E-state index in [4.69, 9.17) is 0 Å². The molecule has 0 amide bonds. The van der Waals surface area contributed by atoms with Crippen molar-refractivity contribution in [3.63, 3.8) is 0 Å². The highest BCUT2D eigenvalue weighted by Gasteiger charge is 2.24. The van der Waals surface area contributed by atoms with Gasteiger partial charge in [-0.25, -0.2) is 0 Å². The third-order valence-electron chi connectivity index (χ3n) is 5.66. The summed E-state index contributed by atoms with van der Waals surface area (Å²) >= 11 is 0. The Balaban J connectivity index is 1.82. The molecule has 2 aliphatic rings. The van der Waals surface area contributed by atoms with Crippen molar-refractivity contribution >= 4 is 16.9 Å². The molecule has 0 spiro atoms. The van der Waals surface area contributed by atoms with Crippen LogP contribution in [0.2, 0.25) is 0 Å². The van der Waals surface area contributed by atoms with Gasteiger partial charge in [0.05, 0.1) is 16.6 Å². The number of aromatic nitrogens is 1. The minimum Gasteiger partial charge on any atom is -0.507 e. The highest BCUT2D eigenvalue weighted by molar-refractivity contribution is 6.13. The number of H-pyrrole nitrogens is 1. The maximum Gasteiger partial charge on any atom is 0.188 e. The van der Waals surface area contributed by atoms with Crippen LogP contribution in [0.4, 0.5) is 0 Å². The third kappa shape index (κ3) is 3.64. The van der Waals surface area contributed by atoms with Crippen molar-refractivity contribution < 1.29 is 9.90 Å². The Bertz CT molecular complexity index is 1180. The summed E-state index contributed by atoms with van der Waals surface area (Å²) in [6.07, 6.45) is 8.77. The van der Waals surface area contributed by atoms with Gasteiger partial charge in [0, 0.05) is 41.8 Å². The van der Waals surface area contributed by atoms with Crippen molar-refractivity contribution in [2.24, 2.45) is 4.99 Å². The van der Waals surface area contributed by atoms with E-state index in [-0.39, 0.29) is 11.5 Å². The zero-order valence-electron chi connectivity index (χ0n) is 18.0. The summed E-state index contributed by atoms with van der Waals surface area (Å²) < 4.78 is 0. The van der Waals surface area contributed by atoms with Crippen LogP contribution < -0.4 is 10.6 Å². The fraction of sp³-hybridized carbons (Fsp3) is 0.333. The van der Waals surface area contributed by atoms with Crippen molar-refractivity contribution in [1.82, 2.24) is 14.8 Å². The van der Waals surface area contributed by atoms with E-state index in [1.807, 2.05) is 52.7 Å². The Hall–Kier alpha value is -2.96. The zero-order chi connectivity index (χ0) is 21.4. The number of rotatable bonds is 6. The molecule has 2 N–H and O–H groups in total. The van der Waals surface area contributed by atoms with Crippen molar-refractivity contribution in [1.29, 1.82) is 0 Å². The van der Waals surface area contributed by atoms with Crippen LogP contribution in [0.25, 0.3) is 11.1 Å². The summed E-state index contributed by atoms with van der Waals surface area (Å²) in [4.78, 5) is 24.6. The number of aromatic hydroxyl groups is 1. The highest BCUT2D eigenvalue weighted by Crippen LogP contribution is 2.30. The van der Waals surface area contributed by atoms with Crippen molar-refractivity contribution in [2.75, 3.05) is 41.3 Å². The molecule has 6 nitrogen and oxygen atoms in total. The van der Waals surface area contributed by atoms with Crippen LogP contribution in [0.5, 0.6) is 5.75 Å².